The van der Waals surface area contributed by atoms with Gasteiger partial charge in [-0.25, -0.2) is 4.98 Å². The van der Waals surface area contributed by atoms with Crippen molar-refractivity contribution in [2.75, 3.05) is 26.2 Å². The Morgan fingerprint density at radius 2 is 2.00 bits per heavy atom. The lowest BCUT2D eigenvalue weighted by Crippen LogP contribution is -2.57. The standard InChI is InChI=1S/C21H26N4O/c1-17(26)25-13-9-19-20(23-16-22-19)21(25)10-14-24(15-11-21)12-5-8-18-6-3-2-4-7-18/h2-8,16H,9-15H2,1H3,(H,22,23)/b8-5+. The van der Waals surface area contributed by atoms with Gasteiger partial charge in [0.1, 0.15) is 0 Å². The highest BCUT2D eigenvalue weighted by Gasteiger charge is 2.47. The van der Waals surface area contributed by atoms with Gasteiger partial charge in [-0.3, -0.25) is 9.69 Å². The number of nitrogens with one attached hydrogen (secondary N) is 1. The van der Waals surface area contributed by atoms with Crippen LogP contribution in [-0.2, 0) is 16.8 Å². The average molecular weight is 350 g/mol. The molecule has 0 bridgehead atoms. The molecule has 1 spiro atoms. The molecule has 0 atom stereocenters. The zero-order chi connectivity index (χ0) is 18.0. The lowest BCUT2D eigenvalue weighted by atomic mass is 9.78. The summed E-state index contributed by atoms with van der Waals surface area (Å²) in [5.41, 5.74) is 3.31. The highest BCUT2D eigenvalue weighted by atomic mass is 16.2. The van der Waals surface area contributed by atoms with Crippen LogP contribution in [0, 0.1) is 0 Å². The van der Waals surface area contributed by atoms with E-state index in [1.165, 1.54) is 11.3 Å². The third-order valence-corrected chi connectivity index (χ3v) is 5.80. The van der Waals surface area contributed by atoms with Crippen molar-refractivity contribution >= 4 is 12.0 Å². The molecule has 0 aliphatic carbocycles. The van der Waals surface area contributed by atoms with Crippen LogP contribution in [0.1, 0.15) is 36.7 Å². The number of hydrogen-bond donors (Lipinski definition) is 1. The largest absolute Gasteiger partial charge is 0.348 e. The molecule has 1 aromatic heterocycles. The minimum Gasteiger partial charge on any atom is -0.348 e. The maximum Gasteiger partial charge on any atom is 0.220 e. The van der Waals surface area contributed by atoms with Gasteiger partial charge in [-0.1, -0.05) is 42.5 Å². The molecule has 1 fully saturated rings. The first kappa shape index (κ1) is 17.0. The quantitative estimate of drug-likeness (QED) is 0.926. The molecule has 0 unspecified atom stereocenters. The average Bonchev–Trinajstić information content (AvgIpc) is 3.14. The Morgan fingerprint density at radius 3 is 2.73 bits per heavy atom. The Hall–Kier alpha value is -2.40. The number of amides is 1. The smallest absolute Gasteiger partial charge is 0.220 e. The second kappa shape index (κ2) is 7.08. The monoisotopic (exact) mass is 350 g/mol. The Balaban J connectivity index is 1.45. The molecule has 0 saturated carbocycles. The summed E-state index contributed by atoms with van der Waals surface area (Å²) >= 11 is 0. The maximum absolute atomic E-state index is 12.3. The summed E-state index contributed by atoms with van der Waals surface area (Å²) in [6, 6.07) is 10.4. The zero-order valence-corrected chi connectivity index (χ0v) is 15.3. The van der Waals surface area contributed by atoms with E-state index in [4.69, 9.17) is 0 Å². The van der Waals surface area contributed by atoms with Crippen molar-refractivity contribution in [2.24, 2.45) is 0 Å². The number of H-pyrrole nitrogens is 1. The summed E-state index contributed by atoms with van der Waals surface area (Å²) in [5, 5.41) is 0. The van der Waals surface area contributed by atoms with E-state index in [1.54, 1.807) is 13.3 Å². The molecule has 1 N–H and O–H groups in total. The van der Waals surface area contributed by atoms with Gasteiger partial charge in [-0.15, -0.1) is 0 Å². The molecule has 0 radical (unpaired) electrons. The SMILES string of the molecule is CC(=O)N1CCc2[nH]cnc2C12CCN(C/C=C/c1ccccc1)CC2. The van der Waals surface area contributed by atoms with Gasteiger partial charge in [-0.2, -0.15) is 0 Å². The molecule has 1 amide bonds. The topological polar surface area (TPSA) is 52.2 Å². The minimum atomic E-state index is -0.223. The molecule has 2 aliphatic rings. The van der Waals surface area contributed by atoms with Crippen LogP contribution in [0.4, 0.5) is 0 Å². The van der Waals surface area contributed by atoms with E-state index in [2.05, 4.69) is 56.2 Å². The fourth-order valence-corrected chi connectivity index (χ4v) is 4.45. The van der Waals surface area contributed by atoms with Gasteiger partial charge in [-0.05, 0) is 18.4 Å². The number of nitrogens with zero attached hydrogens (tertiary/aromatic N) is 3. The van der Waals surface area contributed by atoms with E-state index < -0.39 is 0 Å². The number of aromatic amines is 1. The highest BCUT2D eigenvalue weighted by Crippen LogP contribution is 2.42. The van der Waals surface area contributed by atoms with Crippen LogP contribution in [-0.4, -0.2) is 51.9 Å². The van der Waals surface area contributed by atoms with Crippen molar-refractivity contribution < 1.29 is 4.79 Å². The summed E-state index contributed by atoms with van der Waals surface area (Å²) < 4.78 is 0. The van der Waals surface area contributed by atoms with Crippen LogP contribution in [0.2, 0.25) is 0 Å². The molecule has 1 aromatic carbocycles. The van der Waals surface area contributed by atoms with Crippen molar-refractivity contribution in [3.8, 4) is 0 Å². The number of hydrogen-bond acceptors (Lipinski definition) is 3. The normalized spacial score (nSPS) is 19.8. The van der Waals surface area contributed by atoms with Crippen LogP contribution >= 0.6 is 0 Å². The minimum absolute atomic E-state index is 0.163. The maximum atomic E-state index is 12.3. The van der Waals surface area contributed by atoms with Crippen LogP contribution < -0.4 is 0 Å². The van der Waals surface area contributed by atoms with Gasteiger partial charge in [0.05, 0.1) is 17.6 Å². The molecule has 136 valence electrons. The molecular formula is C21H26N4O. The Labute approximate surface area is 154 Å². The van der Waals surface area contributed by atoms with Gasteiger partial charge in [0.25, 0.3) is 0 Å². The number of carbonyl (C=O) groups is 1. The predicted molar refractivity (Wildman–Crippen MR) is 103 cm³/mol. The zero-order valence-electron chi connectivity index (χ0n) is 15.3. The van der Waals surface area contributed by atoms with Crippen LogP contribution in [0.3, 0.4) is 0 Å². The predicted octanol–water partition coefficient (Wildman–Crippen LogP) is 2.82. The van der Waals surface area contributed by atoms with Gasteiger partial charge in [0, 0.05) is 45.2 Å². The third-order valence-electron chi connectivity index (χ3n) is 5.80. The van der Waals surface area contributed by atoms with E-state index in [1.807, 2.05) is 6.07 Å². The van der Waals surface area contributed by atoms with Gasteiger partial charge in [0.15, 0.2) is 0 Å². The first-order valence-electron chi connectivity index (χ1n) is 9.44. The summed E-state index contributed by atoms with van der Waals surface area (Å²) in [5.74, 6) is 0.163. The van der Waals surface area contributed by atoms with E-state index >= 15 is 0 Å². The third kappa shape index (κ3) is 3.07. The molecule has 3 heterocycles. The van der Waals surface area contributed by atoms with E-state index in [0.717, 1.165) is 51.1 Å². The van der Waals surface area contributed by atoms with Crippen LogP contribution in [0.25, 0.3) is 6.08 Å². The second-order valence-electron chi connectivity index (χ2n) is 7.30. The Morgan fingerprint density at radius 1 is 1.23 bits per heavy atom. The molecule has 2 aliphatic heterocycles. The van der Waals surface area contributed by atoms with Gasteiger partial charge in [0.2, 0.25) is 5.91 Å². The number of aromatic nitrogens is 2. The van der Waals surface area contributed by atoms with E-state index in [9.17, 15) is 4.79 Å². The van der Waals surface area contributed by atoms with Crippen molar-refractivity contribution in [1.82, 2.24) is 19.8 Å². The van der Waals surface area contributed by atoms with E-state index in [0.29, 0.717) is 0 Å². The molecule has 2 aromatic rings. The molecule has 4 rings (SSSR count). The number of imidazole rings is 1. The van der Waals surface area contributed by atoms with Gasteiger partial charge >= 0.3 is 0 Å². The fourth-order valence-electron chi connectivity index (χ4n) is 4.45. The molecule has 1 saturated heterocycles. The number of fused-ring (bicyclic) bond motifs is 2. The lowest BCUT2D eigenvalue weighted by Gasteiger charge is -2.50. The van der Waals surface area contributed by atoms with Crippen molar-refractivity contribution in [3.63, 3.8) is 0 Å². The van der Waals surface area contributed by atoms with Crippen LogP contribution in [0.15, 0.2) is 42.7 Å². The van der Waals surface area contributed by atoms with Crippen molar-refractivity contribution in [3.05, 3.63) is 59.7 Å². The summed E-state index contributed by atoms with van der Waals surface area (Å²) in [6.45, 7) is 5.38. The number of rotatable bonds is 3. The summed E-state index contributed by atoms with van der Waals surface area (Å²) in [7, 11) is 0. The fraction of sp³-hybridized carbons (Fsp3) is 0.429. The number of likely N-dealkylation sites (tertiary alicyclic amines) is 1. The molecule has 5 nitrogen and oxygen atoms in total. The lowest BCUT2D eigenvalue weighted by molar-refractivity contribution is -0.139. The molecule has 5 heteroatoms. The number of carbonyl (C=O) groups excluding carboxylic acids is 1. The first-order chi connectivity index (χ1) is 12.7. The number of piperidine rings is 1. The molecular weight excluding hydrogens is 324 g/mol. The summed E-state index contributed by atoms with van der Waals surface area (Å²) in [4.78, 5) is 24.7. The number of benzene rings is 1. The Kier molecular flexibility index (Phi) is 4.64. The second-order valence-corrected chi connectivity index (χ2v) is 7.30. The molecule has 26 heavy (non-hydrogen) atoms. The van der Waals surface area contributed by atoms with Gasteiger partial charge < -0.3 is 9.88 Å². The van der Waals surface area contributed by atoms with E-state index in [-0.39, 0.29) is 11.4 Å². The van der Waals surface area contributed by atoms with Crippen molar-refractivity contribution in [2.45, 2.75) is 31.7 Å². The highest BCUT2D eigenvalue weighted by molar-refractivity contribution is 5.75. The first-order valence-corrected chi connectivity index (χ1v) is 9.44. The van der Waals surface area contributed by atoms with Crippen molar-refractivity contribution in [1.29, 1.82) is 0 Å². The Bertz CT molecular complexity index is 787. The summed E-state index contributed by atoms with van der Waals surface area (Å²) in [6.07, 6.45) is 8.97. The van der Waals surface area contributed by atoms with Crippen LogP contribution in [0.5, 0.6) is 0 Å².